The summed E-state index contributed by atoms with van der Waals surface area (Å²) in [6.45, 7) is 2.43. The summed E-state index contributed by atoms with van der Waals surface area (Å²) in [6.07, 6.45) is 7.93. The predicted molar refractivity (Wildman–Crippen MR) is 37.1 cm³/mol. The van der Waals surface area contributed by atoms with Crippen molar-refractivity contribution < 1.29 is 0 Å². The largest absolute Gasteiger partial charge is 0.0625 e. The van der Waals surface area contributed by atoms with Crippen LogP contribution >= 0.6 is 0 Å². The minimum absolute atomic E-state index is 0.951. The van der Waals surface area contributed by atoms with Gasteiger partial charge in [0, 0.05) is 0 Å². The van der Waals surface area contributed by atoms with E-state index in [1.54, 1.807) is 32.1 Å². The summed E-state index contributed by atoms with van der Waals surface area (Å²) >= 11 is 0. The first-order valence-electron chi connectivity index (χ1n) is 4.27. The zero-order valence-electron chi connectivity index (χ0n) is 6.11. The van der Waals surface area contributed by atoms with Gasteiger partial charge in [-0.2, -0.15) is 0 Å². The van der Waals surface area contributed by atoms with Crippen LogP contribution in [0.2, 0.25) is 0 Å². The highest BCUT2D eigenvalue weighted by atomic mass is 14.8. The molecule has 0 radical (unpaired) electrons. The van der Waals surface area contributed by atoms with Crippen molar-refractivity contribution in [2.24, 2.45) is 16.7 Å². The minimum Gasteiger partial charge on any atom is -0.0625 e. The summed E-state index contributed by atoms with van der Waals surface area (Å²) in [6, 6.07) is 0. The van der Waals surface area contributed by atoms with Crippen molar-refractivity contribution in [1.82, 2.24) is 0 Å². The third-order valence-corrected chi connectivity index (χ3v) is 4.24. The third kappa shape index (κ3) is 0.320. The van der Waals surface area contributed by atoms with E-state index in [2.05, 4.69) is 6.92 Å². The molecule has 0 aromatic rings. The first kappa shape index (κ1) is 4.76. The molecule has 0 N–H and O–H groups in total. The van der Waals surface area contributed by atoms with Crippen LogP contribution in [0.4, 0.5) is 0 Å². The summed E-state index contributed by atoms with van der Waals surface area (Å²) in [7, 11) is 0. The average Bonchev–Trinajstić information content (AvgIpc) is 2.13. The van der Waals surface area contributed by atoms with E-state index in [0.717, 1.165) is 16.7 Å². The zero-order valence-corrected chi connectivity index (χ0v) is 6.11. The van der Waals surface area contributed by atoms with E-state index >= 15 is 0 Å². The molecule has 3 rings (SSSR count). The van der Waals surface area contributed by atoms with Gasteiger partial charge in [0.15, 0.2) is 0 Å². The van der Waals surface area contributed by atoms with Gasteiger partial charge in [0.05, 0.1) is 0 Å². The summed E-state index contributed by atoms with van der Waals surface area (Å²) in [5, 5.41) is 0. The summed E-state index contributed by atoms with van der Waals surface area (Å²) < 4.78 is 0. The Labute approximate surface area is 56.6 Å². The summed E-state index contributed by atoms with van der Waals surface area (Å²) in [5.41, 5.74) is 1.90. The van der Waals surface area contributed by atoms with Crippen molar-refractivity contribution in [1.29, 1.82) is 0 Å². The second kappa shape index (κ2) is 0.980. The van der Waals surface area contributed by atoms with Crippen LogP contribution in [0.3, 0.4) is 0 Å². The van der Waals surface area contributed by atoms with Crippen LogP contribution < -0.4 is 0 Å². The van der Waals surface area contributed by atoms with Gasteiger partial charge in [0.2, 0.25) is 0 Å². The molecule has 0 saturated heterocycles. The molecule has 0 aliphatic heterocycles. The molecular formula is C9H14. The van der Waals surface area contributed by atoms with Crippen molar-refractivity contribution in [3.63, 3.8) is 0 Å². The van der Waals surface area contributed by atoms with Crippen LogP contribution in [0.15, 0.2) is 0 Å². The molecule has 0 heteroatoms. The predicted octanol–water partition coefficient (Wildman–Crippen LogP) is 2.59. The van der Waals surface area contributed by atoms with Gasteiger partial charge in [-0.05, 0) is 48.9 Å². The molecule has 2 atom stereocenters. The van der Waals surface area contributed by atoms with Crippen LogP contribution in [0, 0.1) is 16.7 Å². The second-order valence-electron chi connectivity index (χ2n) is 4.75. The maximum Gasteiger partial charge on any atom is -0.0232 e. The van der Waals surface area contributed by atoms with Crippen molar-refractivity contribution in [3.05, 3.63) is 0 Å². The Morgan fingerprint density at radius 2 is 1.67 bits per heavy atom. The Kier molecular flexibility index (Phi) is 0.518. The first-order chi connectivity index (χ1) is 4.27. The highest BCUT2D eigenvalue weighted by Gasteiger charge is 2.76. The molecule has 0 heterocycles. The van der Waals surface area contributed by atoms with E-state index in [4.69, 9.17) is 0 Å². The molecule has 50 valence electrons. The number of hydrogen-bond donors (Lipinski definition) is 0. The molecule has 0 amide bonds. The number of rotatable bonds is 0. The molecule has 0 bridgehead atoms. The fraction of sp³-hybridized carbons (Fsp3) is 1.00. The molecule has 0 spiro atoms. The molecule has 2 unspecified atom stereocenters. The quantitative estimate of drug-likeness (QED) is 0.463. The van der Waals surface area contributed by atoms with Gasteiger partial charge in [-0.25, -0.2) is 0 Å². The van der Waals surface area contributed by atoms with Gasteiger partial charge in [-0.3, -0.25) is 0 Å². The zero-order chi connectivity index (χ0) is 6.11. The maximum absolute atomic E-state index is 2.43. The SMILES string of the molecule is CC1CC23CCC2(C1)C3. The Balaban J connectivity index is 1.99. The van der Waals surface area contributed by atoms with Crippen LogP contribution in [-0.2, 0) is 0 Å². The lowest BCUT2D eigenvalue weighted by Crippen LogP contribution is -2.18. The van der Waals surface area contributed by atoms with Gasteiger partial charge in [-0.15, -0.1) is 0 Å². The molecule has 3 fully saturated rings. The third-order valence-electron chi connectivity index (χ3n) is 4.24. The smallest absolute Gasteiger partial charge is 0.0232 e. The molecule has 3 aliphatic carbocycles. The van der Waals surface area contributed by atoms with Crippen molar-refractivity contribution >= 4 is 0 Å². The van der Waals surface area contributed by atoms with Gasteiger partial charge in [-0.1, -0.05) is 6.92 Å². The van der Waals surface area contributed by atoms with Crippen LogP contribution in [0.5, 0.6) is 0 Å². The first-order valence-corrected chi connectivity index (χ1v) is 4.27. The van der Waals surface area contributed by atoms with Crippen LogP contribution in [-0.4, -0.2) is 0 Å². The molecule has 0 aromatic heterocycles. The minimum atomic E-state index is 0.951. The molecule has 0 nitrogen and oxygen atoms in total. The van der Waals surface area contributed by atoms with E-state index in [9.17, 15) is 0 Å². The van der Waals surface area contributed by atoms with Crippen molar-refractivity contribution in [3.8, 4) is 0 Å². The van der Waals surface area contributed by atoms with Gasteiger partial charge in [0.1, 0.15) is 0 Å². The average molecular weight is 122 g/mol. The van der Waals surface area contributed by atoms with Gasteiger partial charge >= 0.3 is 0 Å². The van der Waals surface area contributed by atoms with Gasteiger partial charge in [0.25, 0.3) is 0 Å². The fourth-order valence-corrected chi connectivity index (χ4v) is 3.80. The summed E-state index contributed by atoms with van der Waals surface area (Å²) in [5.74, 6) is 1.07. The standard InChI is InChI=1S/C9H14/c1-7-4-8-2-3-9(8,5-7)6-8/h7H,2-6H2,1H3. The van der Waals surface area contributed by atoms with Crippen LogP contribution in [0.25, 0.3) is 0 Å². The molecule has 3 saturated carbocycles. The topological polar surface area (TPSA) is 0 Å². The van der Waals surface area contributed by atoms with E-state index in [1.165, 1.54) is 0 Å². The van der Waals surface area contributed by atoms with E-state index < -0.39 is 0 Å². The van der Waals surface area contributed by atoms with E-state index in [0.29, 0.717) is 0 Å². The van der Waals surface area contributed by atoms with Gasteiger partial charge < -0.3 is 0 Å². The lowest BCUT2D eigenvalue weighted by Gasteiger charge is -2.28. The maximum atomic E-state index is 2.43. The molecular weight excluding hydrogens is 108 g/mol. The van der Waals surface area contributed by atoms with E-state index in [1.807, 2.05) is 0 Å². The Morgan fingerprint density at radius 3 is 2.00 bits per heavy atom. The number of hydrogen-bond acceptors (Lipinski definition) is 0. The monoisotopic (exact) mass is 122 g/mol. The Bertz CT molecular complexity index is 155. The molecule has 9 heavy (non-hydrogen) atoms. The van der Waals surface area contributed by atoms with Crippen LogP contribution in [0.1, 0.15) is 39.0 Å². The van der Waals surface area contributed by atoms with Crippen molar-refractivity contribution in [2.45, 2.75) is 39.0 Å². The highest BCUT2D eigenvalue weighted by Crippen LogP contribution is 2.85. The molecule has 3 aliphatic rings. The summed E-state index contributed by atoms with van der Waals surface area (Å²) in [4.78, 5) is 0. The van der Waals surface area contributed by atoms with Crippen molar-refractivity contribution in [2.75, 3.05) is 0 Å². The fourth-order valence-electron chi connectivity index (χ4n) is 3.80. The molecule has 0 aromatic carbocycles. The Hall–Kier alpha value is 0. The lowest BCUT2D eigenvalue weighted by molar-refractivity contribution is 0.219. The lowest BCUT2D eigenvalue weighted by atomic mass is 9.77. The highest BCUT2D eigenvalue weighted by molar-refractivity contribution is 5.25. The Morgan fingerprint density at radius 1 is 1.11 bits per heavy atom. The van der Waals surface area contributed by atoms with E-state index in [-0.39, 0.29) is 0 Å². The second-order valence-corrected chi connectivity index (χ2v) is 4.75. The normalized spacial score (nSPS) is 68.3.